The third kappa shape index (κ3) is 8.57. The molecule has 1 heterocycles. The van der Waals surface area contributed by atoms with Crippen molar-refractivity contribution in [1.29, 1.82) is 0 Å². The lowest BCUT2D eigenvalue weighted by molar-refractivity contribution is -0.116. The maximum Gasteiger partial charge on any atom is 0.243 e. The highest BCUT2D eigenvalue weighted by Gasteiger charge is 2.11. The van der Waals surface area contributed by atoms with Crippen molar-refractivity contribution in [3.63, 3.8) is 0 Å². The van der Waals surface area contributed by atoms with Gasteiger partial charge in [-0.05, 0) is 67.0 Å². The van der Waals surface area contributed by atoms with Crippen LogP contribution in [0.25, 0.3) is 17.1 Å². The summed E-state index contributed by atoms with van der Waals surface area (Å²) in [5, 5.41) is 2.99. The molecule has 1 aromatic heterocycles. The van der Waals surface area contributed by atoms with Gasteiger partial charge in [0.15, 0.2) is 0 Å². The van der Waals surface area contributed by atoms with Crippen LogP contribution in [0.15, 0.2) is 84.9 Å². The fourth-order valence-electron chi connectivity index (χ4n) is 4.80. The Bertz CT molecular complexity index is 1340. The van der Waals surface area contributed by atoms with Gasteiger partial charge < -0.3 is 14.6 Å². The van der Waals surface area contributed by atoms with Crippen molar-refractivity contribution in [3.8, 4) is 5.75 Å². The minimum Gasteiger partial charge on any atom is -0.493 e. The molecule has 5 heteroatoms. The number of rotatable bonds is 15. The van der Waals surface area contributed by atoms with Crippen molar-refractivity contribution in [2.75, 3.05) is 13.2 Å². The summed E-state index contributed by atoms with van der Waals surface area (Å²) >= 11 is 0. The van der Waals surface area contributed by atoms with E-state index < -0.39 is 0 Å². The van der Waals surface area contributed by atoms with Crippen molar-refractivity contribution in [2.45, 2.75) is 64.8 Å². The summed E-state index contributed by atoms with van der Waals surface area (Å²) in [6, 6.07) is 26.6. The Morgan fingerprint density at radius 2 is 1.67 bits per heavy atom. The molecule has 39 heavy (non-hydrogen) atoms. The van der Waals surface area contributed by atoms with Crippen LogP contribution in [0.4, 0.5) is 0 Å². The van der Waals surface area contributed by atoms with E-state index in [0.29, 0.717) is 12.5 Å². The molecule has 0 saturated heterocycles. The van der Waals surface area contributed by atoms with Crippen LogP contribution in [-0.2, 0) is 17.8 Å². The number of hydrogen-bond donors (Lipinski definition) is 1. The van der Waals surface area contributed by atoms with Crippen LogP contribution in [-0.4, -0.2) is 28.6 Å². The Hall–Kier alpha value is -3.86. The van der Waals surface area contributed by atoms with Crippen molar-refractivity contribution in [1.82, 2.24) is 14.9 Å². The van der Waals surface area contributed by atoms with Gasteiger partial charge in [-0.15, -0.1) is 0 Å². The molecule has 4 aromatic rings. The number of benzene rings is 3. The Kier molecular flexibility index (Phi) is 10.8. The number of amides is 1. The van der Waals surface area contributed by atoms with Gasteiger partial charge in [0, 0.05) is 25.6 Å². The monoisotopic (exact) mass is 523 g/mol. The van der Waals surface area contributed by atoms with Gasteiger partial charge in [-0.3, -0.25) is 4.79 Å². The van der Waals surface area contributed by atoms with Gasteiger partial charge in [0.2, 0.25) is 5.91 Å². The summed E-state index contributed by atoms with van der Waals surface area (Å²) in [6.07, 6.45) is 9.48. The maximum absolute atomic E-state index is 12.1. The van der Waals surface area contributed by atoms with Crippen molar-refractivity contribution >= 4 is 23.0 Å². The molecule has 0 fully saturated rings. The number of imidazole rings is 1. The van der Waals surface area contributed by atoms with Crippen LogP contribution in [0.5, 0.6) is 5.75 Å². The third-order valence-corrected chi connectivity index (χ3v) is 6.91. The molecule has 204 valence electrons. The van der Waals surface area contributed by atoms with E-state index in [1.54, 1.807) is 6.08 Å². The molecule has 4 rings (SSSR count). The summed E-state index contributed by atoms with van der Waals surface area (Å²) in [6.45, 7) is 6.75. The Balaban J connectivity index is 1.20. The predicted octanol–water partition coefficient (Wildman–Crippen LogP) is 7.56. The molecule has 0 spiro atoms. The highest BCUT2D eigenvalue weighted by Crippen LogP contribution is 2.26. The second-order valence-electron chi connectivity index (χ2n) is 10.3. The third-order valence-electron chi connectivity index (χ3n) is 6.91. The van der Waals surface area contributed by atoms with Crippen LogP contribution in [0, 0.1) is 0 Å². The molecule has 0 aliphatic rings. The van der Waals surface area contributed by atoms with E-state index in [1.165, 1.54) is 11.1 Å². The first-order chi connectivity index (χ1) is 19.1. The van der Waals surface area contributed by atoms with E-state index in [2.05, 4.69) is 66.2 Å². The SMILES string of the molecule is CC(C)c1ccccc1OCCCCn1c(CCCCCNC(=O)/C=C/c2ccccc2)nc2ccccc21. The van der Waals surface area contributed by atoms with Gasteiger partial charge in [0.25, 0.3) is 0 Å². The lowest BCUT2D eigenvalue weighted by Gasteiger charge is -2.14. The zero-order valence-corrected chi connectivity index (χ0v) is 23.3. The number of aryl methyl sites for hydroxylation is 2. The molecule has 0 unspecified atom stereocenters. The number of nitrogens with one attached hydrogen (secondary N) is 1. The lowest BCUT2D eigenvalue weighted by atomic mass is 10.0. The molecule has 5 nitrogen and oxygen atoms in total. The number of fused-ring (bicyclic) bond motifs is 1. The van der Waals surface area contributed by atoms with Crippen LogP contribution >= 0.6 is 0 Å². The molecular formula is C34H41N3O2. The zero-order valence-electron chi connectivity index (χ0n) is 23.3. The van der Waals surface area contributed by atoms with Gasteiger partial charge >= 0.3 is 0 Å². The maximum atomic E-state index is 12.1. The molecule has 0 aliphatic heterocycles. The number of para-hydroxylation sites is 3. The fourth-order valence-corrected chi connectivity index (χ4v) is 4.80. The van der Waals surface area contributed by atoms with E-state index in [4.69, 9.17) is 9.72 Å². The van der Waals surface area contributed by atoms with Crippen LogP contribution in [0.3, 0.4) is 0 Å². The standard InChI is InChI=1S/C34H41N3O2/c1-27(2)29-17-8-11-20-32(29)39-26-14-13-25-37-31-19-10-9-18-30(31)36-33(37)21-7-4-12-24-35-34(38)23-22-28-15-5-3-6-16-28/h3,5-6,8-11,15-20,22-23,27H,4,7,12-14,21,24-26H2,1-2H3,(H,35,38)/b23-22+. The predicted molar refractivity (Wildman–Crippen MR) is 161 cm³/mol. The summed E-state index contributed by atoms with van der Waals surface area (Å²) in [4.78, 5) is 17.0. The van der Waals surface area contributed by atoms with Crippen LogP contribution in [0.2, 0.25) is 0 Å². The number of ether oxygens (including phenoxy) is 1. The Morgan fingerprint density at radius 3 is 2.51 bits per heavy atom. The number of nitrogens with zero attached hydrogens (tertiary/aromatic N) is 2. The van der Waals surface area contributed by atoms with E-state index in [1.807, 2.05) is 42.5 Å². The number of hydrogen-bond acceptors (Lipinski definition) is 3. The van der Waals surface area contributed by atoms with Gasteiger partial charge in [-0.2, -0.15) is 0 Å². The van der Waals surface area contributed by atoms with Gasteiger partial charge in [-0.1, -0.05) is 80.9 Å². The first-order valence-corrected chi connectivity index (χ1v) is 14.3. The first kappa shape index (κ1) is 28.2. The normalized spacial score (nSPS) is 11.5. The molecule has 0 radical (unpaired) electrons. The highest BCUT2D eigenvalue weighted by molar-refractivity contribution is 5.91. The summed E-state index contributed by atoms with van der Waals surface area (Å²) in [5.41, 5.74) is 4.56. The molecule has 3 aromatic carbocycles. The number of carbonyl (C=O) groups excluding carboxylic acids is 1. The van der Waals surface area contributed by atoms with E-state index in [-0.39, 0.29) is 5.91 Å². The van der Waals surface area contributed by atoms with Gasteiger partial charge in [0.05, 0.1) is 17.6 Å². The lowest BCUT2D eigenvalue weighted by Crippen LogP contribution is -2.22. The van der Waals surface area contributed by atoms with Crippen molar-refractivity contribution in [2.24, 2.45) is 0 Å². The summed E-state index contributed by atoms with van der Waals surface area (Å²) in [7, 11) is 0. The molecule has 0 aliphatic carbocycles. The minimum atomic E-state index is -0.0441. The Morgan fingerprint density at radius 1 is 0.897 bits per heavy atom. The van der Waals surface area contributed by atoms with Gasteiger partial charge in [0.1, 0.15) is 11.6 Å². The highest BCUT2D eigenvalue weighted by atomic mass is 16.5. The molecule has 0 bridgehead atoms. The van der Waals surface area contributed by atoms with Crippen molar-refractivity contribution < 1.29 is 9.53 Å². The van der Waals surface area contributed by atoms with Crippen LogP contribution < -0.4 is 10.1 Å². The largest absolute Gasteiger partial charge is 0.493 e. The van der Waals surface area contributed by atoms with E-state index in [0.717, 1.165) is 74.3 Å². The Labute approximate surface area is 232 Å². The average Bonchev–Trinajstić information content (AvgIpc) is 3.31. The zero-order chi connectivity index (χ0) is 27.3. The fraction of sp³-hybridized carbons (Fsp3) is 0.353. The second-order valence-corrected chi connectivity index (χ2v) is 10.3. The molecule has 0 saturated carbocycles. The summed E-state index contributed by atoms with van der Waals surface area (Å²) < 4.78 is 8.52. The van der Waals surface area contributed by atoms with E-state index in [9.17, 15) is 4.79 Å². The average molecular weight is 524 g/mol. The second kappa shape index (κ2) is 14.9. The quantitative estimate of drug-likeness (QED) is 0.129. The van der Waals surface area contributed by atoms with Crippen molar-refractivity contribution in [3.05, 3.63) is 102 Å². The number of carbonyl (C=O) groups is 1. The molecule has 1 amide bonds. The molecule has 0 atom stereocenters. The number of aromatic nitrogens is 2. The smallest absolute Gasteiger partial charge is 0.243 e. The summed E-state index contributed by atoms with van der Waals surface area (Å²) in [5.74, 6) is 2.56. The van der Waals surface area contributed by atoms with E-state index >= 15 is 0 Å². The topological polar surface area (TPSA) is 56.1 Å². The van der Waals surface area contributed by atoms with Crippen LogP contribution in [0.1, 0.15) is 68.8 Å². The molecule has 1 N–H and O–H groups in total. The number of unbranched alkanes of at least 4 members (excludes halogenated alkanes) is 3. The molecular weight excluding hydrogens is 482 g/mol. The first-order valence-electron chi connectivity index (χ1n) is 14.3. The van der Waals surface area contributed by atoms with Gasteiger partial charge in [-0.25, -0.2) is 4.98 Å². The minimum absolute atomic E-state index is 0.0441.